The minimum atomic E-state index is -0.500. The SMILES string of the molecule is O=[N+]([O-])N1[C]NCC1. The van der Waals surface area contributed by atoms with Gasteiger partial charge in [-0.1, -0.05) is 5.01 Å². The molecule has 0 aromatic heterocycles. The highest BCUT2D eigenvalue weighted by Crippen LogP contribution is 1.94. The van der Waals surface area contributed by atoms with Crippen molar-refractivity contribution >= 4 is 0 Å². The average molecular weight is 115 g/mol. The standard InChI is InChI=1S/C3H5N3O2/c7-6(8)5-2-1-4-3-5/h4H,1-2H2. The van der Waals surface area contributed by atoms with Crippen molar-refractivity contribution < 1.29 is 5.03 Å². The van der Waals surface area contributed by atoms with Crippen LogP contribution in [0.2, 0.25) is 0 Å². The Morgan fingerprint density at radius 1 is 1.88 bits per heavy atom. The lowest BCUT2D eigenvalue weighted by Gasteiger charge is -1.98. The van der Waals surface area contributed by atoms with Gasteiger partial charge in [-0.25, -0.2) is 10.1 Å². The van der Waals surface area contributed by atoms with Crippen LogP contribution in [0.4, 0.5) is 0 Å². The highest BCUT2D eigenvalue weighted by atomic mass is 16.7. The van der Waals surface area contributed by atoms with E-state index in [0.717, 1.165) is 5.01 Å². The highest BCUT2D eigenvalue weighted by Gasteiger charge is 2.20. The lowest BCUT2D eigenvalue weighted by atomic mass is 10.7. The molecule has 5 heteroatoms. The van der Waals surface area contributed by atoms with Gasteiger partial charge in [0, 0.05) is 6.54 Å². The lowest BCUT2D eigenvalue weighted by molar-refractivity contribution is -0.642. The molecule has 2 radical (unpaired) electrons. The van der Waals surface area contributed by atoms with E-state index < -0.39 is 5.03 Å². The Bertz CT molecular complexity index is 98.7. The summed E-state index contributed by atoms with van der Waals surface area (Å²) in [5.41, 5.74) is 0. The first kappa shape index (κ1) is 5.30. The minimum absolute atomic E-state index is 0.410. The third-order valence-corrected chi connectivity index (χ3v) is 0.854. The Balaban J connectivity index is 2.35. The van der Waals surface area contributed by atoms with Crippen molar-refractivity contribution in [3.05, 3.63) is 16.8 Å². The molecule has 1 heterocycles. The molecule has 1 rings (SSSR count). The van der Waals surface area contributed by atoms with Gasteiger partial charge in [-0.3, -0.25) is 5.32 Å². The van der Waals surface area contributed by atoms with Gasteiger partial charge >= 0.3 is 0 Å². The number of hydrogen-bond acceptors (Lipinski definition) is 3. The Labute approximate surface area is 46.4 Å². The van der Waals surface area contributed by atoms with E-state index in [2.05, 4.69) is 12.0 Å². The predicted molar refractivity (Wildman–Crippen MR) is 24.9 cm³/mol. The maximum Gasteiger partial charge on any atom is 0.243 e. The first-order valence-corrected chi connectivity index (χ1v) is 2.21. The molecule has 1 aliphatic heterocycles. The molecule has 0 bridgehead atoms. The molecule has 1 fully saturated rings. The zero-order valence-corrected chi connectivity index (χ0v) is 4.13. The van der Waals surface area contributed by atoms with Crippen molar-refractivity contribution in [3.63, 3.8) is 0 Å². The van der Waals surface area contributed by atoms with Crippen LogP contribution in [-0.4, -0.2) is 23.1 Å². The van der Waals surface area contributed by atoms with E-state index in [9.17, 15) is 10.1 Å². The molecule has 0 aromatic rings. The van der Waals surface area contributed by atoms with Gasteiger partial charge in [0.15, 0.2) is 5.03 Å². The second-order valence-corrected chi connectivity index (χ2v) is 1.40. The minimum Gasteiger partial charge on any atom is -0.281 e. The third kappa shape index (κ3) is 0.865. The third-order valence-electron chi connectivity index (χ3n) is 0.854. The molecule has 0 amide bonds. The van der Waals surface area contributed by atoms with Gasteiger partial charge in [-0.05, 0) is 0 Å². The maximum atomic E-state index is 9.83. The Morgan fingerprint density at radius 2 is 2.62 bits per heavy atom. The van der Waals surface area contributed by atoms with Crippen molar-refractivity contribution in [2.75, 3.05) is 13.1 Å². The summed E-state index contributed by atoms with van der Waals surface area (Å²) in [6.45, 7) is 3.36. The quantitative estimate of drug-likeness (QED) is 0.354. The van der Waals surface area contributed by atoms with Crippen molar-refractivity contribution in [1.82, 2.24) is 10.3 Å². The van der Waals surface area contributed by atoms with Crippen molar-refractivity contribution in [3.8, 4) is 0 Å². The van der Waals surface area contributed by atoms with Gasteiger partial charge in [0.1, 0.15) is 0 Å². The molecule has 8 heavy (non-hydrogen) atoms. The van der Waals surface area contributed by atoms with E-state index in [4.69, 9.17) is 0 Å². The summed E-state index contributed by atoms with van der Waals surface area (Å²) in [5, 5.41) is 12.8. The van der Waals surface area contributed by atoms with Crippen LogP contribution in [0.3, 0.4) is 0 Å². The topological polar surface area (TPSA) is 58.4 Å². The molecule has 44 valence electrons. The Hall–Kier alpha value is -0.840. The van der Waals surface area contributed by atoms with E-state index in [1.54, 1.807) is 0 Å². The number of hydrogen-bond donors (Lipinski definition) is 1. The molecule has 1 saturated heterocycles. The van der Waals surface area contributed by atoms with E-state index in [0.29, 0.717) is 13.1 Å². The monoisotopic (exact) mass is 115 g/mol. The van der Waals surface area contributed by atoms with Crippen LogP contribution in [0.1, 0.15) is 0 Å². The van der Waals surface area contributed by atoms with Gasteiger partial charge in [0.25, 0.3) is 0 Å². The summed E-state index contributed by atoms with van der Waals surface area (Å²) in [6.07, 6.45) is 0. The van der Waals surface area contributed by atoms with Crippen LogP contribution >= 0.6 is 0 Å². The molecule has 1 N–H and O–H groups in total. The van der Waals surface area contributed by atoms with Crippen LogP contribution in [-0.2, 0) is 0 Å². The van der Waals surface area contributed by atoms with Crippen LogP contribution in [0.5, 0.6) is 0 Å². The fourth-order valence-corrected chi connectivity index (χ4v) is 0.487. The molecule has 0 aromatic carbocycles. The lowest BCUT2D eigenvalue weighted by Crippen LogP contribution is -2.24. The van der Waals surface area contributed by atoms with E-state index in [1.807, 2.05) is 0 Å². The molecule has 5 nitrogen and oxygen atoms in total. The van der Waals surface area contributed by atoms with Gasteiger partial charge in [0.2, 0.25) is 6.67 Å². The number of hydrazine groups is 1. The fourth-order valence-electron chi connectivity index (χ4n) is 0.487. The molecular weight excluding hydrogens is 110 g/mol. The van der Waals surface area contributed by atoms with Gasteiger partial charge in [0.05, 0.1) is 6.54 Å². The smallest absolute Gasteiger partial charge is 0.243 e. The summed E-state index contributed by atoms with van der Waals surface area (Å²) in [4.78, 5) is 9.83. The van der Waals surface area contributed by atoms with Crippen LogP contribution in [0, 0.1) is 16.8 Å². The summed E-state index contributed by atoms with van der Waals surface area (Å²) >= 11 is 0. The summed E-state index contributed by atoms with van der Waals surface area (Å²) < 4.78 is 0. The average Bonchev–Trinajstić information content (AvgIpc) is 2.12. The summed E-state index contributed by atoms with van der Waals surface area (Å²) in [7, 11) is 0. The number of rotatable bonds is 1. The molecule has 1 aliphatic rings. The number of nitro groups is 1. The molecule has 0 spiro atoms. The van der Waals surface area contributed by atoms with E-state index in [-0.39, 0.29) is 0 Å². The van der Waals surface area contributed by atoms with Crippen molar-refractivity contribution in [2.24, 2.45) is 0 Å². The molecule has 0 aliphatic carbocycles. The van der Waals surface area contributed by atoms with Gasteiger partial charge in [-0.2, -0.15) is 0 Å². The predicted octanol–water partition coefficient (Wildman–Crippen LogP) is -0.920. The number of nitrogens with one attached hydrogen (secondary N) is 1. The fraction of sp³-hybridized carbons (Fsp3) is 0.667. The molecule has 0 unspecified atom stereocenters. The molecular formula is C3H5N3O2. The maximum absolute atomic E-state index is 9.83. The van der Waals surface area contributed by atoms with Crippen LogP contribution in [0.25, 0.3) is 0 Å². The van der Waals surface area contributed by atoms with Gasteiger partial charge < -0.3 is 0 Å². The van der Waals surface area contributed by atoms with Crippen molar-refractivity contribution in [1.29, 1.82) is 0 Å². The summed E-state index contributed by atoms with van der Waals surface area (Å²) in [6, 6.07) is 0. The second kappa shape index (κ2) is 1.95. The first-order chi connectivity index (χ1) is 3.80. The van der Waals surface area contributed by atoms with E-state index in [1.165, 1.54) is 0 Å². The second-order valence-electron chi connectivity index (χ2n) is 1.40. The largest absolute Gasteiger partial charge is 0.281 e. The van der Waals surface area contributed by atoms with Gasteiger partial charge in [-0.15, -0.1) is 0 Å². The zero-order valence-electron chi connectivity index (χ0n) is 4.13. The Kier molecular flexibility index (Phi) is 1.29. The van der Waals surface area contributed by atoms with Crippen molar-refractivity contribution in [2.45, 2.75) is 0 Å². The highest BCUT2D eigenvalue weighted by molar-refractivity contribution is 4.67. The zero-order chi connectivity index (χ0) is 5.98. The molecule has 0 saturated carbocycles. The van der Waals surface area contributed by atoms with Crippen LogP contribution < -0.4 is 5.32 Å². The first-order valence-electron chi connectivity index (χ1n) is 2.21. The molecule has 0 atom stereocenters. The Morgan fingerprint density at radius 3 is 2.88 bits per heavy atom. The van der Waals surface area contributed by atoms with E-state index >= 15 is 0 Å². The summed E-state index contributed by atoms with van der Waals surface area (Å²) in [5.74, 6) is 0. The van der Waals surface area contributed by atoms with Crippen LogP contribution in [0.15, 0.2) is 0 Å². The normalized spacial score (nSPS) is 19.2. The number of nitrogens with zero attached hydrogens (tertiary/aromatic N) is 2.